The quantitative estimate of drug-likeness (QED) is 0.217. The van der Waals surface area contributed by atoms with Gasteiger partial charge >= 0.3 is 13.5 Å². The van der Waals surface area contributed by atoms with Gasteiger partial charge in [0.05, 0.1) is 13.2 Å². The van der Waals surface area contributed by atoms with E-state index in [0.29, 0.717) is 6.42 Å². The summed E-state index contributed by atoms with van der Waals surface area (Å²) in [5, 5.41) is 21.1. The highest BCUT2D eigenvalue weighted by Crippen LogP contribution is 2.48. The van der Waals surface area contributed by atoms with Gasteiger partial charge in [0.2, 0.25) is 0 Å². The molecule has 0 amide bonds. The lowest BCUT2D eigenvalue weighted by molar-refractivity contribution is -0.276. The van der Waals surface area contributed by atoms with Crippen LogP contribution < -0.4 is 10.8 Å². The van der Waals surface area contributed by atoms with Crippen LogP contribution in [0.2, 0.25) is 0 Å². The predicted molar refractivity (Wildman–Crippen MR) is 130 cm³/mol. The van der Waals surface area contributed by atoms with Gasteiger partial charge < -0.3 is 19.8 Å². The molecule has 1 aromatic heterocycles. The second-order valence-electron chi connectivity index (χ2n) is 9.30. The van der Waals surface area contributed by atoms with E-state index in [2.05, 4.69) is 11.9 Å². The van der Waals surface area contributed by atoms with Crippen molar-refractivity contribution in [3.05, 3.63) is 22.2 Å². The lowest BCUT2D eigenvalue weighted by Gasteiger charge is -2.19. The van der Waals surface area contributed by atoms with Crippen LogP contribution in [0, 0.1) is 6.92 Å². The van der Waals surface area contributed by atoms with Crippen LogP contribution in [-0.2, 0) is 18.3 Å². The monoisotopic (exact) mass is 517 g/mol. The summed E-state index contributed by atoms with van der Waals surface area (Å²) in [6.07, 6.45) is 12.8. The molecule has 1 unspecified atom stereocenters. The first-order valence-electron chi connectivity index (χ1n) is 13.0. The lowest BCUT2D eigenvalue weighted by Crippen LogP contribution is -2.29. The summed E-state index contributed by atoms with van der Waals surface area (Å²) in [4.78, 5) is 25.6. The van der Waals surface area contributed by atoms with Crippen LogP contribution >= 0.6 is 7.82 Å². The third-order valence-electron chi connectivity index (χ3n) is 6.28. The molecule has 35 heavy (non-hydrogen) atoms. The first-order chi connectivity index (χ1) is 16.8. The molecule has 1 saturated heterocycles. The Balaban J connectivity index is 1.65. The molecule has 0 saturated carbocycles. The predicted octanol–water partition coefficient (Wildman–Crippen LogP) is 4.11. The molecule has 11 heteroatoms. The van der Waals surface area contributed by atoms with Crippen molar-refractivity contribution in [1.29, 1.82) is 0 Å². The highest BCUT2D eigenvalue weighted by molar-refractivity contribution is 7.47. The molecule has 1 fully saturated rings. The highest BCUT2D eigenvalue weighted by atomic mass is 31.2. The van der Waals surface area contributed by atoms with E-state index >= 15 is 0 Å². The van der Waals surface area contributed by atoms with Crippen LogP contribution in [0.1, 0.15) is 102 Å². The number of aliphatic hydroxyl groups is 1. The number of rotatable bonds is 18. The Labute approximate surface area is 208 Å². The minimum Gasteiger partial charge on any atom is -0.858 e. The van der Waals surface area contributed by atoms with Crippen molar-refractivity contribution >= 4 is 7.82 Å². The summed E-state index contributed by atoms with van der Waals surface area (Å²) < 4.78 is 29.5. The number of phosphoric acid groups is 1. The SMILES string of the molecule is CCCCCCCCCCCCCCOP(=O)(O)O[C@H]1C[C@H](n2cc(C)c([O-])nc2=O)O[C@@H]1CO. The van der Waals surface area contributed by atoms with Gasteiger partial charge in [0, 0.05) is 12.6 Å². The zero-order valence-corrected chi connectivity index (χ0v) is 22.0. The largest absolute Gasteiger partial charge is 0.858 e. The van der Waals surface area contributed by atoms with E-state index in [-0.39, 0.29) is 18.6 Å². The Kier molecular flexibility index (Phi) is 13.5. The first kappa shape index (κ1) is 29.9. The zero-order valence-electron chi connectivity index (χ0n) is 21.1. The fourth-order valence-electron chi connectivity index (χ4n) is 4.23. The molecule has 10 nitrogen and oxygen atoms in total. The number of hydrogen-bond acceptors (Lipinski definition) is 8. The molecule has 0 spiro atoms. The smallest absolute Gasteiger partial charge is 0.472 e. The van der Waals surface area contributed by atoms with Crippen molar-refractivity contribution in [2.24, 2.45) is 0 Å². The molecule has 202 valence electrons. The Bertz CT molecular complexity index is 849. The van der Waals surface area contributed by atoms with Crippen molar-refractivity contribution in [2.45, 2.75) is 116 Å². The van der Waals surface area contributed by atoms with Crippen LogP contribution in [0.25, 0.3) is 0 Å². The molecule has 0 aromatic carbocycles. The fraction of sp³-hybridized carbons (Fsp3) is 0.833. The summed E-state index contributed by atoms with van der Waals surface area (Å²) in [6, 6.07) is 0. The number of aryl methyl sites for hydroxylation is 1. The average Bonchev–Trinajstić information content (AvgIpc) is 3.21. The van der Waals surface area contributed by atoms with Crippen LogP contribution in [0.3, 0.4) is 0 Å². The van der Waals surface area contributed by atoms with Crippen molar-refractivity contribution in [1.82, 2.24) is 9.55 Å². The molecule has 0 aliphatic carbocycles. The van der Waals surface area contributed by atoms with Crippen molar-refractivity contribution in [3.8, 4) is 5.88 Å². The van der Waals surface area contributed by atoms with E-state index in [4.69, 9.17) is 13.8 Å². The van der Waals surface area contributed by atoms with Crippen LogP contribution in [0.5, 0.6) is 5.88 Å². The maximum atomic E-state index is 12.4. The Morgan fingerprint density at radius 2 is 1.69 bits per heavy atom. The van der Waals surface area contributed by atoms with Gasteiger partial charge in [-0.3, -0.25) is 13.6 Å². The Morgan fingerprint density at radius 3 is 2.26 bits per heavy atom. The molecule has 2 N–H and O–H groups in total. The molecule has 0 bridgehead atoms. The van der Waals surface area contributed by atoms with E-state index in [1.807, 2.05) is 0 Å². The second-order valence-corrected chi connectivity index (χ2v) is 10.7. The molecular formula is C24H42N2O8P-. The number of nitrogens with zero attached hydrogens (tertiary/aromatic N) is 2. The van der Waals surface area contributed by atoms with E-state index in [1.165, 1.54) is 64.5 Å². The third-order valence-corrected chi connectivity index (χ3v) is 7.33. The van der Waals surface area contributed by atoms with Gasteiger partial charge in [-0.2, -0.15) is 0 Å². The summed E-state index contributed by atoms with van der Waals surface area (Å²) >= 11 is 0. The molecular weight excluding hydrogens is 475 g/mol. The van der Waals surface area contributed by atoms with Gasteiger partial charge in [0.15, 0.2) is 0 Å². The number of ether oxygens (including phenoxy) is 1. The van der Waals surface area contributed by atoms with Crippen LogP contribution in [0.15, 0.2) is 11.0 Å². The van der Waals surface area contributed by atoms with E-state index < -0.39 is 44.4 Å². The van der Waals surface area contributed by atoms with Crippen LogP contribution in [0.4, 0.5) is 0 Å². The zero-order chi connectivity index (χ0) is 25.7. The third kappa shape index (κ3) is 10.7. The number of hydrogen-bond donors (Lipinski definition) is 2. The summed E-state index contributed by atoms with van der Waals surface area (Å²) in [7, 11) is -4.37. The van der Waals surface area contributed by atoms with Gasteiger partial charge in [-0.25, -0.2) is 14.3 Å². The number of phosphoric ester groups is 1. The van der Waals surface area contributed by atoms with Crippen LogP contribution in [-0.4, -0.2) is 45.0 Å². The summed E-state index contributed by atoms with van der Waals surface area (Å²) in [6.45, 7) is 3.37. The number of aliphatic hydroxyl groups excluding tert-OH is 1. The van der Waals surface area contributed by atoms with E-state index in [1.54, 1.807) is 0 Å². The molecule has 1 aliphatic rings. The molecule has 4 atom stereocenters. The van der Waals surface area contributed by atoms with Crippen molar-refractivity contribution < 1.29 is 33.5 Å². The van der Waals surface area contributed by atoms with Crippen molar-refractivity contribution in [2.75, 3.05) is 13.2 Å². The standard InChI is InChI=1S/C24H43N2O8P/c1-3-4-5-6-7-8-9-10-11-12-13-14-15-32-35(30,31)34-20-16-22(33-21(20)18-27)26-17-19(2)23(28)25-24(26)29/h17,20-22,27H,3-16,18H2,1-2H3,(H,30,31)(H,25,28,29)/p-1/t20-,21+,22+/m0/s1. The number of unbranched alkanes of at least 4 members (excludes halogenated alkanes) is 11. The van der Waals surface area contributed by atoms with Gasteiger partial charge in [0.25, 0.3) is 0 Å². The number of aromatic nitrogens is 2. The second kappa shape index (κ2) is 15.7. The molecule has 1 aliphatic heterocycles. The first-order valence-corrected chi connectivity index (χ1v) is 14.5. The lowest BCUT2D eigenvalue weighted by atomic mass is 10.1. The van der Waals surface area contributed by atoms with Gasteiger partial charge in [0.1, 0.15) is 18.4 Å². The maximum Gasteiger partial charge on any atom is 0.472 e. The molecule has 0 radical (unpaired) electrons. The fourth-order valence-corrected chi connectivity index (χ4v) is 5.21. The Morgan fingerprint density at radius 1 is 1.11 bits per heavy atom. The van der Waals surface area contributed by atoms with E-state index in [0.717, 1.165) is 23.8 Å². The van der Waals surface area contributed by atoms with Gasteiger partial charge in [-0.15, -0.1) is 0 Å². The molecule has 1 aromatic rings. The van der Waals surface area contributed by atoms with E-state index in [9.17, 15) is 24.5 Å². The summed E-state index contributed by atoms with van der Waals surface area (Å²) in [5.74, 6) is -0.623. The summed E-state index contributed by atoms with van der Waals surface area (Å²) in [5.41, 5.74) is -0.532. The topological polar surface area (TPSA) is 143 Å². The van der Waals surface area contributed by atoms with Gasteiger partial charge in [-0.05, 0) is 24.8 Å². The Hall–Kier alpha value is -1.29. The van der Waals surface area contributed by atoms with Crippen molar-refractivity contribution in [3.63, 3.8) is 0 Å². The normalized spacial score (nSPS) is 21.9. The minimum absolute atomic E-state index is 0.0248. The average molecular weight is 518 g/mol. The van der Waals surface area contributed by atoms with Gasteiger partial charge in [-0.1, -0.05) is 77.6 Å². The maximum absolute atomic E-state index is 12.4. The highest BCUT2D eigenvalue weighted by Gasteiger charge is 2.41. The minimum atomic E-state index is -4.37. The molecule has 2 heterocycles. The molecule has 2 rings (SSSR count).